The molecule has 1 atom stereocenters. The van der Waals surface area contributed by atoms with Crippen molar-refractivity contribution < 1.29 is 19.1 Å². The van der Waals surface area contributed by atoms with E-state index in [0.717, 1.165) is 6.07 Å². The van der Waals surface area contributed by atoms with Crippen molar-refractivity contribution in [3.05, 3.63) is 29.6 Å². The fourth-order valence-electron chi connectivity index (χ4n) is 1.45. The van der Waals surface area contributed by atoms with Gasteiger partial charge in [0.1, 0.15) is 11.4 Å². The number of benzene rings is 1. The topological polar surface area (TPSA) is 92.4 Å². The number of amides is 1. The number of nitrogens with one attached hydrogen (secondary N) is 1. The molecule has 0 radical (unpaired) electrons. The molecule has 0 unspecified atom stereocenters. The second-order valence-electron chi connectivity index (χ2n) is 3.84. The van der Waals surface area contributed by atoms with Crippen LogP contribution in [0.1, 0.15) is 16.8 Å². The van der Waals surface area contributed by atoms with Gasteiger partial charge in [-0.3, -0.25) is 4.79 Å². The molecular weight excluding hydrogens is 271 g/mol. The van der Waals surface area contributed by atoms with Gasteiger partial charge >= 0.3 is 5.97 Å². The van der Waals surface area contributed by atoms with Crippen molar-refractivity contribution in [3.63, 3.8) is 0 Å². The van der Waals surface area contributed by atoms with Gasteiger partial charge in [0.15, 0.2) is 0 Å². The van der Waals surface area contributed by atoms with Gasteiger partial charge < -0.3 is 16.2 Å². The Bertz CT molecular complexity index is 482. The van der Waals surface area contributed by atoms with Crippen LogP contribution >= 0.6 is 11.8 Å². The molecule has 1 aromatic rings. The highest BCUT2D eigenvalue weighted by Gasteiger charge is 2.19. The fraction of sp³-hybridized carbons (Fsp3) is 0.333. The minimum Gasteiger partial charge on any atom is -0.478 e. The summed E-state index contributed by atoms with van der Waals surface area (Å²) in [6.45, 7) is 0. The van der Waals surface area contributed by atoms with E-state index in [2.05, 4.69) is 5.32 Å². The first-order valence-corrected chi connectivity index (χ1v) is 6.94. The maximum absolute atomic E-state index is 13.4. The molecule has 104 valence electrons. The van der Waals surface area contributed by atoms with Gasteiger partial charge in [-0.2, -0.15) is 11.8 Å². The van der Waals surface area contributed by atoms with Crippen molar-refractivity contribution in [1.29, 1.82) is 0 Å². The van der Waals surface area contributed by atoms with Crippen LogP contribution in [-0.2, 0) is 4.79 Å². The number of aromatic carboxylic acids is 1. The van der Waals surface area contributed by atoms with Gasteiger partial charge in [0.05, 0.1) is 11.7 Å². The summed E-state index contributed by atoms with van der Waals surface area (Å²) < 4.78 is 13.4. The number of halogens is 1. The van der Waals surface area contributed by atoms with Gasteiger partial charge in [-0.15, -0.1) is 0 Å². The first kappa shape index (κ1) is 15.5. The molecule has 7 heteroatoms. The Labute approximate surface area is 114 Å². The van der Waals surface area contributed by atoms with Crippen LogP contribution in [0.25, 0.3) is 0 Å². The first-order chi connectivity index (χ1) is 8.97. The highest BCUT2D eigenvalue weighted by Crippen LogP contribution is 2.19. The number of hydrogen-bond donors (Lipinski definition) is 3. The summed E-state index contributed by atoms with van der Waals surface area (Å²) in [5.74, 6) is -2.15. The molecule has 0 aliphatic heterocycles. The van der Waals surface area contributed by atoms with Crippen molar-refractivity contribution in [2.45, 2.75) is 12.5 Å². The summed E-state index contributed by atoms with van der Waals surface area (Å²) >= 11 is 1.55. The number of carbonyl (C=O) groups is 2. The van der Waals surface area contributed by atoms with E-state index in [1.807, 2.05) is 6.26 Å². The lowest BCUT2D eigenvalue weighted by Crippen LogP contribution is -2.36. The second kappa shape index (κ2) is 7.10. The van der Waals surface area contributed by atoms with E-state index in [1.165, 1.54) is 12.1 Å². The van der Waals surface area contributed by atoms with Crippen LogP contribution in [-0.4, -0.2) is 35.0 Å². The quantitative estimate of drug-likeness (QED) is 0.737. The Morgan fingerprint density at radius 1 is 1.53 bits per heavy atom. The van der Waals surface area contributed by atoms with Crippen LogP contribution in [0.2, 0.25) is 0 Å². The lowest BCUT2D eigenvalue weighted by molar-refractivity contribution is -0.117. The zero-order valence-electron chi connectivity index (χ0n) is 10.4. The highest BCUT2D eigenvalue weighted by atomic mass is 32.2. The Balaban J connectivity index is 2.85. The molecular formula is C12H15FN2O3S. The number of rotatable bonds is 6. The summed E-state index contributed by atoms with van der Waals surface area (Å²) in [6, 6.07) is 2.92. The lowest BCUT2D eigenvalue weighted by Gasteiger charge is -2.13. The van der Waals surface area contributed by atoms with Crippen molar-refractivity contribution >= 4 is 29.3 Å². The summed E-state index contributed by atoms with van der Waals surface area (Å²) in [5, 5.41) is 11.3. The molecule has 1 rings (SSSR count). The van der Waals surface area contributed by atoms with Crippen LogP contribution in [0.5, 0.6) is 0 Å². The number of hydrogen-bond acceptors (Lipinski definition) is 4. The zero-order chi connectivity index (χ0) is 14.4. The average Bonchev–Trinajstić information content (AvgIpc) is 2.35. The van der Waals surface area contributed by atoms with E-state index in [1.54, 1.807) is 11.8 Å². The minimum atomic E-state index is -1.44. The maximum Gasteiger partial charge on any atom is 0.340 e. The third-order valence-electron chi connectivity index (χ3n) is 2.46. The van der Waals surface area contributed by atoms with E-state index in [4.69, 9.17) is 10.8 Å². The van der Waals surface area contributed by atoms with Crippen molar-refractivity contribution in [3.8, 4) is 0 Å². The number of nitrogens with two attached hydrogens (primary N) is 1. The third-order valence-corrected chi connectivity index (χ3v) is 3.10. The number of carbonyl (C=O) groups excluding carboxylic acids is 1. The molecule has 0 heterocycles. The molecule has 0 spiro atoms. The molecule has 4 N–H and O–H groups in total. The average molecular weight is 286 g/mol. The summed E-state index contributed by atoms with van der Waals surface area (Å²) in [4.78, 5) is 22.7. The molecule has 1 amide bonds. The Kier molecular flexibility index (Phi) is 5.78. The molecule has 0 saturated heterocycles. The molecule has 0 fully saturated rings. The van der Waals surface area contributed by atoms with E-state index in [0.29, 0.717) is 12.2 Å². The highest BCUT2D eigenvalue weighted by molar-refractivity contribution is 7.98. The van der Waals surface area contributed by atoms with Gasteiger partial charge in [0, 0.05) is 0 Å². The molecule has 0 aliphatic carbocycles. The predicted molar refractivity (Wildman–Crippen MR) is 73.0 cm³/mol. The SMILES string of the molecule is CSCC[C@@H](N)C(=O)Nc1cccc(F)c1C(=O)O. The monoisotopic (exact) mass is 286 g/mol. The van der Waals surface area contributed by atoms with Crippen LogP contribution < -0.4 is 11.1 Å². The smallest absolute Gasteiger partial charge is 0.340 e. The van der Waals surface area contributed by atoms with Gasteiger partial charge in [-0.05, 0) is 30.6 Å². The number of thioether (sulfide) groups is 1. The molecule has 5 nitrogen and oxygen atoms in total. The Morgan fingerprint density at radius 2 is 2.21 bits per heavy atom. The number of anilines is 1. The van der Waals surface area contributed by atoms with Gasteiger partial charge in [-0.1, -0.05) is 6.07 Å². The van der Waals surface area contributed by atoms with E-state index >= 15 is 0 Å². The van der Waals surface area contributed by atoms with Gasteiger partial charge in [0.2, 0.25) is 5.91 Å². The molecule has 0 aromatic heterocycles. The predicted octanol–water partition coefficient (Wildman–Crippen LogP) is 1.54. The van der Waals surface area contributed by atoms with E-state index in [-0.39, 0.29) is 5.69 Å². The van der Waals surface area contributed by atoms with Crippen molar-refractivity contribution in [2.75, 3.05) is 17.3 Å². The van der Waals surface area contributed by atoms with Crippen LogP contribution in [0, 0.1) is 5.82 Å². The normalized spacial score (nSPS) is 11.9. The maximum atomic E-state index is 13.4. The van der Waals surface area contributed by atoms with E-state index in [9.17, 15) is 14.0 Å². The molecule has 0 bridgehead atoms. The lowest BCUT2D eigenvalue weighted by atomic mass is 10.1. The molecule has 1 aromatic carbocycles. The summed E-state index contributed by atoms with van der Waals surface area (Å²) in [5.41, 5.74) is 5.00. The number of carboxylic acid groups (broad SMARTS) is 1. The number of carboxylic acids is 1. The van der Waals surface area contributed by atoms with Gasteiger partial charge in [-0.25, -0.2) is 9.18 Å². The van der Waals surface area contributed by atoms with Crippen molar-refractivity contribution in [1.82, 2.24) is 0 Å². The Morgan fingerprint density at radius 3 is 2.79 bits per heavy atom. The zero-order valence-corrected chi connectivity index (χ0v) is 11.2. The summed E-state index contributed by atoms with van der Waals surface area (Å²) in [6.07, 6.45) is 2.35. The van der Waals surface area contributed by atoms with Crippen LogP contribution in [0.4, 0.5) is 10.1 Å². The van der Waals surface area contributed by atoms with E-state index < -0.39 is 29.3 Å². The molecule has 0 saturated carbocycles. The van der Waals surface area contributed by atoms with Crippen LogP contribution in [0.15, 0.2) is 18.2 Å². The molecule has 19 heavy (non-hydrogen) atoms. The van der Waals surface area contributed by atoms with Crippen molar-refractivity contribution in [2.24, 2.45) is 5.73 Å². The largest absolute Gasteiger partial charge is 0.478 e. The van der Waals surface area contributed by atoms with Gasteiger partial charge in [0.25, 0.3) is 0 Å². The Hall–Kier alpha value is -1.60. The van der Waals surface area contributed by atoms with Crippen LogP contribution in [0.3, 0.4) is 0 Å². The first-order valence-electron chi connectivity index (χ1n) is 5.54. The second-order valence-corrected chi connectivity index (χ2v) is 4.83. The minimum absolute atomic E-state index is 0.0860. The standard InChI is InChI=1S/C12H15FN2O3S/c1-19-6-5-8(14)11(16)15-9-4-2-3-7(13)10(9)12(17)18/h2-4,8H,5-6,14H2,1H3,(H,15,16)(H,17,18)/t8-/m1/s1. The third kappa shape index (κ3) is 4.22. The summed E-state index contributed by atoms with van der Waals surface area (Å²) in [7, 11) is 0. The fourth-order valence-corrected chi connectivity index (χ4v) is 1.94. The molecule has 0 aliphatic rings.